The van der Waals surface area contributed by atoms with Crippen LogP contribution in [0.25, 0.3) is 0 Å². The maximum atomic E-state index is 12.1. The lowest BCUT2D eigenvalue weighted by Crippen LogP contribution is -2.51. The van der Waals surface area contributed by atoms with E-state index >= 15 is 0 Å². The molecular weight excluding hydrogens is 264 g/mol. The number of carboxylic acids is 1. The van der Waals surface area contributed by atoms with E-state index in [1.54, 1.807) is 4.90 Å². The SMILES string of the molecule is CC1OCCC1CNC(=O)N1CCOC(CC(=O)O)C1. The lowest BCUT2D eigenvalue weighted by atomic mass is 10.0. The topological polar surface area (TPSA) is 88.1 Å². The van der Waals surface area contributed by atoms with E-state index in [1.807, 2.05) is 6.92 Å². The summed E-state index contributed by atoms with van der Waals surface area (Å²) in [5, 5.41) is 11.7. The number of urea groups is 1. The Balaban J connectivity index is 1.75. The molecule has 2 aliphatic heterocycles. The van der Waals surface area contributed by atoms with Crippen LogP contribution >= 0.6 is 0 Å². The minimum absolute atomic E-state index is 0.0721. The summed E-state index contributed by atoms with van der Waals surface area (Å²) in [5.74, 6) is -0.552. The van der Waals surface area contributed by atoms with Crippen molar-refractivity contribution in [1.29, 1.82) is 0 Å². The Morgan fingerprint density at radius 2 is 2.15 bits per heavy atom. The molecular formula is C13H22N2O5. The molecule has 7 heteroatoms. The zero-order valence-electron chi connectivity index (χ0n) is 11.7. The van der Waals surface area contributed by atoms with Crippen LogP contribution < -0.4 is 5.32 Å². The predicted molar refractivity (Wildman–Crippen MR) is 70.5 cm³/mol. The van der Waals surface area contributed by atoms with Gasteiger partial charge in [0.2, 0.25) is 0 Å². The Hall–Kier alpha value is -1.34. The molecule has 114 valence electrons. The molecule has 0 aliphatic carbocycles. The second kappa shape index (κ2) is 6.90. The van der Waals surface area contributed by atoms with Crippen molar-refractivity contribution in [1.82, 2.24) is 10.2 Å². The van der Waals surface area contributed by atoms with Crippen molar-refractivity contribution in [3.05, 3.63) is 0 Å². The van der Waals surface area contributed by atoms with E-state index in [0.717, 1.165) is 13.0 Å². The number of nitrogens with one attached hydrogen (secondary N) is 1. The zero-order chi connectivity index (χ0) is 14.5. The van der Waals surface area contributed by atoms with E-state index in [9.17, 15) is 9.59 Å². The van der Waals surface area contributed by atoms with Crippen molar-refractivity contribution < 1.29 is 24.2 Å². The molecule has 2 N–H and O–H groups in total. The fraction of sp³-hybridized carbons (Fsp3) is 0.846. The molecule has 2 fully saturated rings. The molecule has 7 nitrogen and oxygen atoms in total. The van der Waals surface area contributed by atoms with Crippen LogP contribution in [0.2, 0.25) is 0 Å². The highest BCUT2D eigenvalue weighted by atomic mass is 16.5. The molecule has 0 radical (unpaired) electrons. The summed E-state index contributed by atoms with van der Waals surface area (Å²) in [6.07, 6.45) is 0.657. The number of carbonyl (C=O) groups is 2. The first kappa shape index (κ1) is 15.1. The van der Waals surface area contributed by atoms with E-state index in [1.165, 1.54) is 0 Å². The second-order valence-electron chi connectivity index (χ2n) is 5.35. The minimum Gasteiger partial charge on any atom is -0.481 e. The van der Waals surface area contributed by atoms with Crippen LogP contribution in [0, 0.1) is 5.92 Å². The van der Waals surface area contributed by atoms with Gasteiger partial charge in [0.25, 0.3) is 0 Å². The van der Waals surface area contributed by atoms with Gasteiger partial charge < -0.3 is 24.8 Å². The highest BCUT2D eigenvalue weighted by Crippen LogP contribution is 2.19. The number of amides is 2. The molecule has 3 atom stereocenters. The van der Waals surface area contributed by atoms with Crippen molar-refractivity contribution in [2.75, 3.05) is 32.8 Å². The summed E-state index contributed by atoms with van der Waals surface area (Å²) in [6, 6.07) is -0.150. The van der Waals surface area contributed by atoms with Gasteiger partial charge in [-0.05, 0) is 13.3 Å². The molecule has 2 saturated heterocycles. The maximum Gasteiger partial charge on any atom is 0.317 e. The van der Waals surface area contributed by atoms with Gasteiger partial charge in [0, 0.05) is 32.2 Å². The highest BCUT2D eigenvalue weighted by molar-refractivity contribution is 5.74. The number of nitrogens with zero attached hydrogens (tertiary/aromatic N) is 1. The number of morpholine rings is 1. The molecule has 0 spiro atoms. The molecule has 2 aliphatic rings. The Morgan fingerprint density at radius 3 is 2.80 bits per heavy atom. The average molecular weight is 286 g/mol. The number of hydrogen-bond acceptors (Lipinski definition) is 4. The molecule has 3 unspecified atom stereocenters. The van der Waals surface area contributed by atoms with Gasteiger partial charge in [-0.3, -0.25) is 4.79 Å². The van der Waals surface area contributed by atoms with Gasteiger partial charge in [0.1, 0.15) is 0 Å². The third kappa shape index (κ3) is 4.08. The van der Waals surface area contributed by atoms with Crippen LogP contribution in [0.5, 0.6) is 0 Å². The first-order chi connectivity index (χ1) is 9.56. The second-order valence-corrected chi connectivity index (χ2v) is 5.35. The van der Waals surface area contributed by atoms with Gasteiger partial charge in [0.05, 0.1) is 25.2 Å². The van der Waals surface area contributed by atoms with Crippen LogP contribution in [0.1, 0.15) is 19.8 Å². The monoisotopic (exact) mass is 286 g/mol. The molecule has 0 aromatic carbocycles. The molecule has 0 saturated carbocycles. The van der Waals surface area contributed by atoms with E-state index in [4.69, 9.17) is 14.6 Å². The molecule has 0 aromatic heterocycles. The van der Waals surface area contributed by atoms with Gasteiger partial charge in [-0.2, -0.15) is 0 Å². The first-order valence-corrected chi connectivity index (χ1v) is 7.04. The lowest BCUT2D eigenvalue weighted by molar-refractivity contribution is -0.141. The minimum atomic E-state index is -0.908. The maximum absolute atomic E-state index is 12.1. The lowest BCUT2D eigenvalue weighted by Gasteiger charge is -2.32. The van der Waals surface area contributed by atoms with Gasteiger partial charge in [-0.1, -0.05) is 0 Å². The Morgan fingerprint density at radius 1 is 1.35 bits per heavy atom. The Labute approximate surface area is 118 Å². The number of aliphatic carboxylic acids is 1. The quantitative estimate of drug-likeness (QED) is 0.776. The van der Waals surface area contributed by atoms with Gasteiger partial charge in [-0.25, -0.2) is 4.79 Å². The molecule has 0 aromatic rings. The largest absolute Gasteiger partial charge is 0.481 e. The Bertz CT molecular complexity index is 363. The standard InChI is InChI=1S/C13H22N2O5/c1-9-10(2-4-19-9)7-14-13(18)15-3-5-20-11(8-15)6-12(16)17/h9-11H,2-8H2,1H3,(H,14,18)(H,16,17). The fourth-order valence-electron chi connectivity index (χ4n) is 2.60. The molecule has 2 amide bonds. The Kier molecular flexibility index (Phi) is 5.19. The van der Waals surface area contributed by atoms with Crippen molar-refractivity contribution in [2.24, 2.45) is 5.92 Å². The van der Waals surface area contributed by atoms with Crippen molar-refractivity contribution in [3.8, 4) is 0 Å². The van der Waals surface area contributed by atoms with Crippen molar-refractivity contribution >= 4 is 12.0 Å². The third-order valence-electron chi connectivity index (χ3n) is 3.88. The number of carbonyl (C=O) groups excluding carboxylic acids is 1. The van der Waals surface area contributed by atoms with Crippen LogP contribution in [0.4, 0.5) is 4.79 Å². The van der Waals surface area contributed by atoms with E-state index in [-0.39, 0.29) is 18.6 Å². The zero-order valence-corrected chi connectivity index (χ0v) is 11.7. The number of rotatable bonds is 4. The number of hydrogen-bond donors (Lipinski definition) is 2. The number of ether oxygens (including phenoxy) is 2. The van der Waals surface area contributed by atoms with Crippen LogP contribution in [0.3, 0.4) is 0 Å². The fourth-order valence-corrected chi connectivity index (χ4v) is 2.60. The van der Waals surface area contributed by atoms with Crippen molar-refractivity contribution in [2.45, 2.75) is 32.0 Å². The smallest absolute Gasteiger partial charge is 0.317 e. The first-order valence-electron chi connectivity index (χ1n) is 7.04. The molecule has 2 rings (SSSR count). The third-order valence-corrected chi connectivity index (χ3v) is 3.88. The van der Waals surface area contributed by atoms with Gasteiger partial charge >= 0.3 is 12.0 Å². The summed E-state index contributed by atoms with van der Waals surface area (Å²) in [7, 11) is 0. The molecule has 20 heavy (non-hydrogen) atoms. The summed E-state index contributed by atoms with van der Waals surface area (Å²) in [6.45, 7) is 4.57. The predicted octanol–water partition coefficient (Wildman–Crippen LogP) is 0.297. The van der Waals surface area contributed by atoms with Crippen LogP contribution in [-0.4, -0.2) is 67.1 Å². The molecule has 0 bridgehead atoms. The van der Waals surface area contributed by atoms with E-state index in [0.29, 0.717) is 32.2 Å². The van der Waals surface area contributed by atoms with E-state index < -0.39 is 12.1 Å². The van der Waals surface area contributed by atoms with Gasteiger partial charge in [0.15, 0.2) is 0 Å². The summed E-state index contributed by atoms with van der Waals surface area (Å²) in [5.41, 5.74) is 0. The summed E-state index contributed by atoms with van der Waals surface area (Å²) < 4.78 is 10.8. The number of carboxylic acid groups (broad SMARTS) is 1. The normalized spacial score (nSPS) is 30.2. The van der Waals surface area contributed by atoms with E-state index in [2.05, 4.69) is 5.32 Å². The van der Waals surface area contributed by atoms with Crippen LogP contribution in [-0.2, 0) is 14.3 Å². The average Bonchev–Trinajstić information content (AvgIpc) is 2.81. The summed E-state index contributed by atoms with van der Waals surface area (Å²) >= 11 is 0. The van der Waals surface area contributed by atoms with Crippen LogP contribution in [0.15, 0.2) is 0 Å². The van der Waals surface area contributed by atoms with Gasteiger partial charge in [-0.15, -0.1) is 0 Å². The summed E-state index contributed by atoms with van der Waals surface area (Å²) in [4.78, 5) is 24.4. The van der Waals surface area contributed by atoms with Crippen molar-refractivity contribution in [3.63, 3.8) is 0 Å². The molecule has 2 heterocycles. The highest BCUT2D eigenvalue weighted by Gasteiger charge is 2.28.